The largest absolute Gasteiger partial charge is 0.479 e. The highest BCUT2D eigenvalue weighted by molar-refractivity contribution is 5.84. The number of amides is 1. The molecule has 1 amide bonds. The molecule has 1 saturated carbocycles. The Kier molecular flexibility index (Phi) is 2.88. The number of carboxylic acid groups (broad SMARTS) is 1. The maximum absolute atomic E-state index is 12.1. The lowest BCUT2D eigenvalue weighted by atomic mass is 9.69. The molecule has 90 valence electrons. The molecular weight excluding hydrogens is 210 g/mol. The Hall–Kier alpha value is -1.10. The van der Waals surface area contributed by atoms with Gasteiger partial charge in [-0.25, -0.2) is 4.79 Å². The monoisotopic (exact) mass is 227 g/mol. The van der Waals surface area contributed by atoms with E-state index in [1.807, 2.05) is 6.92 Å². The first-order chi connectivity index (χ1) is 7.53. The zero-order valence-electron chi connectivity index (χ0n) is 9.44. The van der Waals surface area contributed by atoms with Gasteiger partial charge in [0.1, 0.15) is 0 Å². The minimum Gasteiger partial charge on any atom is -0.479 e. The Bertz CT molecular complexity index is 311. The molecule has 16 heavy (non-hydrogen) atoms. The molecule has 1 atom stereocenters. The number of carbonyl (C=O) groups excluding carboxylic acids is 1. The molecule has 1 unspecified atom stereocenters. The van der Waals surface area contributed by atoms with E-state index < -0.39 is 12.1 Å². The summed E-state index contributed by atoms with van der Waals surface area (Å²) in [6, 6.07) is 0. The Morgan fingerprint density at radius 3 is 2.62 bits per heavy atom. The molecule has 1 aliphatic heterocycles. The maximum Gasteiger partial charge on any atom is 0.334 e. The van der Waals surface area contributed by atoms with E-state index in [0.29, 0.717) is 13.2 Å². The normalized spacial score (nSPS) is 28.3. The summed E-state index contributed by atoms with van der Waals surface area (Å²) in [7, 11) is 0. The topological polar surface area (TPSA) is 66.8 Å². The number of morpholine rings is 1. The van der Waals surface area contributed by atoms with Crippen molar-refractivity contribution in [1.29, 1.82) is 0 Å². The third-order valence-corrected chi connectivity index (χ3v) is 3.60. The molecule has 2 rings (SSSR count). The summed E-state index contributed by atoms with van der Waals surface area (Å²) < 4.78 is 5.09. The summed E-state index contributed by atoms with van der Waals surface area (Å²) in [6.07, 6.45) is 2.07. The van der Waals surface area contributed by atoms with Crippen molar-refractivity contribution in [3.05, 3.63) is 0 Å². The second-order valence-electron chi connectivity index (χ2n) is 4.86. The summed E-state index contributed by atoms with van der Waals surface area (Å²) in [4.78, 5) is 24.6. The molecule has 0 aromatic rings. The number of nitrogens with zero attached hydrogens (tertiary/aromatic N) is 1. The molecule has 1 aliphatic carbocycles. The van der Waals surface area contributed by atoms with Crippen molar-refractivity contribution in [3.8, 4) is 0 Å². The minimum absolute atomic E-state index is 0.0910. The zero-order chi connectivity index (χ0) is 11.8. The fourth-order valence-electron chi connectivity index (χ4n) is 2.29. The highest BCUT2D eigenvalue weighted by Gasteiger charge is 2.43. The van der Waals surface area contributed by atoms with E-state index in [2.05, 4.69) is 0 Å². The lowest BCUT2D eigenvalue weighted by Gasteiger charge is -2.42. The molecule has 0 bridgehead atoms. The number of rotatable bonds is 2. The SMILES string of the molecule is CC1(C(=O)N2CCOC(C(=O)O)C2)CCC1. The molecule has 2 aliphatic rings. The van der Waals surface area contributed by atoms with Crippen molar-refractivity contribution < 1.29 is 19.4 Å². The fourth-order valence-corrected chi connectivity index (χ4v) is 2.29. The van der Waals surface area contributed by atoms with Crippen LogP contribution in [0.1, 0.15) is 26.2 Å². The van der Waals surface area contributed by atoms with Crippen LogP contribution in [0.25, 0.3) is 0 Å². The van der Waals surface area contributed by atoms with E-state index in [9.17, 15) is 9.59 Å². The van der Waals surface area contributed by atoms with Crippen molar-refractivity contribution >= 4 is 11.9 Å². The number of carboxylic acids is 1. The third-order valence-electron chi connectivity index (χ3n) is 3.60. The molecule has 1 N–H and O–H groups in total. The molecule has 0 spiro atoms. The van der Waals surface area contributed by atoms with Gasteiger partial charge in [0, 0.05) is 12.0 Å². The van der Waals surface area contributed by atoms with E-state index >= 15 is 0 Å². The van der Waals surface area contributed by atoms with Crippen LogP contribution >= 0.6 is 0 Å². The van der Waals surface area contributed by atoms with E-state index in [0.717, 1.165) is 19.3 Å². The smallest absolute Gasteiger partial charge is 0.334 e. The molecule has 0 radical (unpaired) electrons. The average Bonchev–Trinajstić information content (AvgIpc) is 2.25. The van der Waals surface area contributed by atoms with Gasteiger partial charge in [0.05, 0.1) is 13.2 Å². The van der Waals surface area contributed by atoms with Gasteiger partial charge in [0.15, 0.2) is 6.10 Å². The molecule has 2 fully saturated rings. The van der Waals surface area contributed by atoms with Gasteiger partial charge in [0.2, 0.25) is 5.91 Å². The maximum atomic E-state index is 12.1. The standard InChI is InChI=1S/C11H17NO4/c1-11(3-2-4-11)10(15)12-5-6-16-8(7-12)9(13)14/h8H,2-7H2,1H3,(H,13,14). The first-order valence-corrected chi connectivity index (χ1v) is 5.67. The number of hydrogen-bond donors (Lipinski definition) is 1. The Morgan fingerprint density at radius 1 is 1.44 bits per heavy atom. The van der Waals surface area contributed by atoms with Crippen LogP contribution < -0.4 is 0 Å². The highest BCUT2D eigenvalue weighted by atomic mass is 16.5. The van der Waals surface area contributed by atoms with E-state index in [4.69, 9.17) is 9.84 Å². The Labute approximate surface area is 94.4 Å². The van der Waals surface area contributed by atoms with Crippen LogP contribution in [0.2, 0.25) is 0 Å². The first-order valence-electron chi connectivity index (χ1n) is 5.67. The van der Waals surface area contributed by atoms with Crippen LogP contribution in [0.3, 0.4) is 0 Å². The Morgan fingerprint density at radius 2 is 2.12 bits per heavy atom. The predicted molar refractivity (Wildman–Crippen MR) is 55.9 cm³/mol. The molecule has 5 heteroatoms. The highest BCUT2D eigenvalue weighted by Crippen LogP contribution is 2.42. The van der Waals surface area contributed by atoms with Gasteiger partial charge in [-0.1, -0.05) is 13.3 Å². The average molecular weight is 227 g/mol. The van der Waals surface area contributed by atoms with Gasteiger partial charge < -0.3 is 14.7 Å². The third kappa shape index (κ3) is 1.91. The van der Waals surface area contributed by atoms with Crippen molar-refractivity contribution in [3.63, 3.8) is 0 Å². The van der Waals surface area contributed by atoms with Crippen LogP contribution in [0, 0.1) is 5.41 Å². The second-order valence-corrected chi connectivity index (χ2v) is 4.86. The summed E-state index contributed by atoms with van der Waals surface area (Å²) in [5, 5.41) is 8.85. The van der Waals surface area contributed by atoms with E-state index in [-0.39, 0.29) is 17.9 Å². The molecule has 1 heterocycles. The molecule has 1 saturated heterocycles. The van der Waals surface area contributed by atoms with Crippen LogP contribution in [0.5, 0.6) is 0 Å². The van der Waals surface area contributed by atoms with Crippen LogP contribution in [0.4, 0.5) is 0 Å². The van der Waals surface area contributed by atoms with Crippen molar-refractivity contribution in [2.24, 2.45) is 5.41 Å². The van der Waals surface area contributed by atoms with Gasteiger partial charge in [0.25, 0.3) is 0 Å². The van der Waals surface area contributed by atoms with Crippen molar-refractivity contribution in [2.75, 3.05) is 19.7 Å². The van der Waals surface area contributed by atoms with Crippen molar-refractivity contribution in [1.82, 2.24) is 4.90 Å². The van der Waals surface area contributed by atoms with Gasteiger partial charge in [-0.2, -0.15) is 0 Å². The van der Waals surface area contributed by atoms with Crippen molar-refractivity contribution in [2.45, 2.75) is 32.3 Å². The van der Waals surface area contributed by atoms with Gasteiger partial charge in [-0.3, -0.25) is 4.79 Å². The summed E-state index contributed by atoms with van der Waals surface area (Å²) >= 11 is 0. The summed E-state index contributed by atoms with van der Waals surface area (Å²) in [5.74, 6) is -0.899. The van der Waals surface area contributed by atoms with Crippen LogP contribution in [-0.2, 0) is 14.3 Å². The predicted octanol–water partition coefficient (Wildman–Crippen LogP) is 0.489. The lowest BCUT2D eigenvalue weighted by Crippen LogP contribution is -2.54. The number of hydrogen-bond acceptors (Lipinski definition) is 3. The molecule has 0 aromatic carbocycles. The number of aliphatic carboxylic acids is 1. The second kappa shape index (κ2) is 4.05. The quantitative estimate of drug-likeness (QED) is 0.745. The molecule has 0 aromatic heterocycles. The van der Waals surface area contributed by atoms with E-state index in [1.54, 1.807) is 4.90 Å². The van der Waals surface area contributed by atoms with Crippen LogP contribution in [0.15, 0.2) is 0 Å². The van der Waals surface area contributed by atoms with Crippen LogP contribution in [-0.4, -0.2) is 47.7 Å². The number of carbonyl (C=O) groups is 2. The molecule has 5 nitrogen and oxygen atoms in total. The molecular formula is C11H17NO4. The first kappa shape index (κ1) is 11.4. The van der Waals surface area contributed by atoms with Gasteiger partial charge in [-0.15, -0.1) is 0 Å². The minimum atomic E-state index is -0.990. The fraction of sp³-hybridized carbons (Fsp3) is 0.818. The Balaban J connectivity index is 1.99. The zero-order valence-corrected chi connectivity index (χ0v) is 9.44. The van der Waals surface area contributed by atoms with E-state index in [1.165, 1.54) is 0 Å². The van der Waals surface area contributed by atoms with Gasteiger partial charge >= 0.3 is 5.97 Å². The number of ether oxygens (including phenoxy) is 1. The summed E-state index contributed by atoms with van der Waals surface area (Å²) in [5.41, 5.74) is -0.250. The van der Waals surface area contributed by atoms with Gasteiger partial charge in [-0.05, 0) is 12.8 Å². The summed E-state index contributed by atoms with van der Waals surface area (Å²) in [6.45, 7) is 2.98. The lowest BCUT2D eigenvalue weighted by molar-refractivity contribution is -0.164.